The zero-order valence-corrected chi connectivity index (χ0v) is 12.3. The SMILES string of the molecule is CC1CCCC(N(C)S(=O)(=O)c2ccc(CN)o2)C1. The molecule has 1 aliphatic rings. The summed E-state index contributed by atoms with van der Waals surface area (Å²) in [6.07, 6.45) is 4.10. The van der Waals surface area contributed by atoms with E-state index in [2.05, 4.69) is 6.92 Å². The third-order valence-corrected chi connectivity index (χ3v) is 5.68. The maximum Gasteiger partial charge on any atom is 0.276 e. The van der Waals surface area contributed by atoms with Crippen molar-refractivity contribution < 1.29 is 12.8 Å². The van der Waals surface area contributed by atoms with Gasteiger partial charge >= 0.3 is 0 Å². The van der Waals surface area contributed by atoms with Crippen molar-refractivity contribution in [1.82, 2.24) is 4.31 Å². The van der Waals surface area contributed by atoms with E-state index in [1.54, 1.807) is 13.1 Å². The number of rotatable bonds is 4. The van der Waals surface area contributed by atoms with Crippen LogP contribution in [0.3, 0.4) is 0 Å². The third-order valence-electron chi connectivity index (χ3n) is 3.89. The van der Waals surface area contributed by atoms with Crippen molar-refractivity contribution in [2.45, 2.75) is 50.3 Å². The first kappa shape index (κ1) is 14.6. The number of furan rings is 1. The van der Waals surface area contributed by atoms with Crippen LogP contribution in [0.5, 0.6) is 0 Å². The van der Waals surface area contributed by atoms with E-state index >= 15 is 0 Å². The summed E-state index contributed by atoms with van der Waals surface area (Å²) in [6.45, 7) is 2.38. The minimum Gasteiger partial charge on any atom is -0.447 e. The molecule has 1 fully saturated rings. The molecule has 0 aromatic carbocycles. The molecule has 2 unspecified atom stereocenters. The average molecular weight is 286 g/mol. The maximum atomic E-state index is 12.5. The van der Waals surface area contributed by atoms with E-state index < -0.39 is 10.0 Å². The maximum absolute atomic E-state index is 12.5. The van der Waals surface area contributed by atoms with E-state index in [0.717, 1.165) is 19.3 Å². The molecule has 1 aromatic heterocycles. The van der Waals surface area contributed by atoms with Crippen molar-refractivity contribution in [3.63, 3.8) is 0 Å². The normalized spacial score (nSPS) is 24.8. The van der Waals surface area contributed by atoms with Crippen LogP contribution in [-0.4, -0.2) is 25.8 Å². The Morgan fingerprint density at radius 2 is 2.16 bits per heavy atom. The topological polar surface area (TPSA) is 76.5 Å². The fraction of sp³-hybridized carbons (Fsp3) is 0.692. The lowest BCUT2D eigenvalue weighted by molar-refractivity contribution is 0.235. The number of sulfonamides is 1. The van der Waals surface area contributed by atoms with Crippen LogP contribution in [0.2, 0.25) is 0 Å². The van der Waals surface area contributed by atoms with E-state index in [0.29, 0.717) is 11.7 Å². The van der Waals surface area contributed by atoms with E-state index in [1.807, 2.05) is 0 Å². The van der Waals surface area contributed by atoms with Crippen LogP contribution in [0.25, 0.3) is 0 Å². The summed E-state index contributed by atoms with van der Waals surface area (Å²) in [5, 5.41) is -0.00586. The van der Waals surface area contributed by atoms with E-state index in [9.17, 15) is 8.42 Å². The Balaban J connectivity index is 2.18. The molecule has 0 bridgehead atoms. The summed E-state index contributed by atoms with van der Waals surface area (Å²) in [5.41, 5.74) is 5.44. The molecule has 5 nitrogen and oxygen atoms in total. The van der Waals surface area contributed by atoms with E-state index in [4.69, 9.17) is 10.2 Å². The minimum atomic E-state index is -3.54. The van der Waals surface area contributed by atoms with Gasteiger partial charge in [-0.2, -0.15) is 4.31 Å². The second-order valence-electron chi connectivity index (χ2n) is 5.37. The molecule has 1 aliphatic carbocycles. The predicted octanol–water partition coefficient (Wildman–Crippen LogP) is 1.94. The quantitative estimate of drug-likeness (QED) is 0.917. The fourth-order valence-electron chi connectivity index (χ4n) is 2.68. The lowest BCUT2D eigenvalue weighted by Crippen LogP contribution is -2.39. The third kappa shape index (κ3) is 3.01. The van der Waals surface area contributed by atoms with Crippen molar-refractivity contribution in [3.8, 4) is 0 Å². The van der Waals surface area contributed by atoms with Gasteiger partial charge in [0.2, 0.25) is 5.09 Å². The van der Waals surface area contributed by atoms with Gasteiger partial charge in [0.25, 0.3) is 10.0 Å². The first-order valence-electron chi connectivity index (χ1n) is 6.72. The van der Waals surface area contributed by atoms with Crippen LogP contribution in [-0.2, 0) is 16.6 Å². The van der Waals surface area contributed by atoms with Gasteiger partial charge in [-0.15, -0.1) is 0 Å². The predicted molar refractivity (Wildman–Crippen MR) is 73.0 cm³/mol. The van der Waals surface area contributed by atoms with Gasteiger partial charge in [0, 0.05) is 13.1 Å². The molecule has 2 rings (SSSR count). The first-order chi connectivity index (χ1) is 8.95. The minimum absolute atomic E-state index is 0.00586. The monoisotopic (exact) mass is 286 g/mol. The Morgan fingerprint density at radius 1 is 1.42 bits per heavy atom. The van der Waals surface area contributed by atoms with Gasteiger partial charge in [0.15, 0.2) is 0 Å². The van der Waals surface area contributed by atoms with Crippen LogP contribution in [0.15, 0.2) is 21.6 Å². The molecule has 108 valence electrons. The Labute approximate surface area is 114 Å². The zero-order valence-electron chi connectivity index (χ0n) is 11.5. The highest BCUT2D eigenvalue weighted by Gasteiger charge is 2.32. The fourth-order valence-corrected chi connectivity index (χ4v) is 4.00. The molecule has 1 aromatic rings. The summed E-state index contributed by atoms with van der Waals surface area (Å²) in [4.78, 5) is 0. The first-order valence-corrected chi connectivity index (χ1v) is 8.16. The molecule has 0 saturated heterocycles. The van der Waals surface area contributed by atoms with Crippen LogP contribution < -0.4 is 5.73 Å². The summed E-state index contributed by atoms with van der Waals surface area (Å²) >= 11 is 0. The second-order valence-corrected chi connectivity index (χ2v) is 7.30. The summed E-state index contributed by atoms with van der Waals surface area (Å²) in [7, 11) is -1.90. The van der Waals surface area contributed by atoms with Crippen LogP contribution in [0, 0.1) is 5.92 Å². The summed E-state index contributed by atoms with van der Waals surface area (Å²) < 4.78 is 31.7. The highest BCUT2D eigenvalue weighted by Crippen LogP contribution is 2.30. The lowest BCUT2D eigenvalue weighted by Gasteiger charge is -2.32. The lowest BCUT2D eigenvalue weighted by atomic mass is 9.87. The molecule has 0 aliphatic heterocycles. The smallest absolute Gasteiger partial charge is 0.276 e. The van der Waals surface area contributed by atoms with Crippen molar-refractivity contribution in [2.75, 3.05) is 7.05 Å². The molecular formula is C13H22N2O3S. The molecule has 0 amide bonds. The van der Waals surface area contributed by atoms with Gasteiger partial charge in [0.05, 0.1) is 6.54 Å². The number of hydrogen-bond acceptors (Lipinski definition) is 4. The molecule has 0 spiro atoms. The Bertz CT molecular complexity index is 524. The standard InChI is InChI=1S/C13H22N2O3S/c1-10-4-3-5-11(8-10)15(2)19(16,17)13-7-6-12(9-14)18-13/h6-7,10-11H,3-5,8-9,14H2,1-2H3. The molecule has 19 heavy (non-hydrogen) atoms. The molecule has 0 radical (unpaired) electrons. The molecular weight excluding hydrogens is 264 g/mol. The highest BCUT2D eigenvalue weighted by atomic mass is 32.2. The molecule has 1 saturated carbocycles. The Morgan fingerprint density at radius 3 is 2.74 bits per heavy atom. The number of nitrogens with zero attached hydrogens (tertiary/aromatic N) is 1. The van der Waals surface area contributed by atoms with Gasteiger partial charge in [-0.05, 0) is 30.9 Å². The molecule has 2 atom stereocenters. The largest absolute Gasteiger partial charge is 0.447 e. The Hall–Kier alpha value is -0.850. The molecule has 2 N–H and O–H groups in total. The van der Waals surface area contributed by atoms with Crippen molar-refractivity contribution in [1.29, 1.82) is 0 Å². The van der Waals surface area contributed by atoms with E-state index in [1.165, 1.54) is 16.8 Å². The van der Waals surface area contributed by atoms with Crippen molar-refractivity contribution in [3.05, 3.63) is 17.9 Å². The van der Waals surface area contributed by atoms with Crippen LogP contribution >= 0.6 is 0 Å². The van der Waals surface area contributed by atoms with Crippen molar-refractivity contribution in [2.24, 2.45) is 11.7 Å². The number of nitrogens with two attached hydrogens (primary N) is 1. The van der Waals surface area contributed by atoms with Gasteiger partial charge in [-0.1, -0.05) is 19.8 Å². The van der Waals surface area contributed by atoms with Gasteiger partial charge < -0.3 is 10.2 Å². The van der Waals surface area contributed by atoms with Gasteiger partial charge in [0.1, 0.15) is 5.76 Å². The van der Waals surface area contributed by atoms with E-state index in [-0.39, 0.29) is 17.7 Å². The van der Waals surface area contributed by atoms with Gasteiger partial charge in [-0.3, -0.25) is 0 Å². The van der Waals surface area contributed by atoms with Gasteiger partial charge in [-0.25, -0.2) is 8.42 Å². The van der Waals surface area contributed by atoms with Crippen LogP contribution in [0.1, 0.15) is 38.4 Å². The highest BCUT2D eigenvalue weighted by molar-refractivity contribution is 7.89. The summed E-state index contributed by atoms with van der Waals surface area (Å²) in [6, 6.07) is 3.17. The molecule has 6 heteroatoms. The number of hydrogen-bond donors (Lipinski definition) is 1. The van der Waals surface area contributed by atoms with Crippen LogP contribution in [0.4, 0.5) is 0 Å². The second kappa shape index (κ2) is 5.64. The zero-order chi connectivity index (χ0) is 14.0. The average Bonchev–Trinajstić information content (AvgIpc) is 2.87. The van der Waals surface area contributed by atoms with Crippen molar-refractivity contribution >= 4 is 10.0 Å². The molecule has 1 heterocycles. The Kier molecular flexibility index (Phi) is 4.32. The summed E-state index contributed by atoms with van der Waals surface area (Å²) in [5.74, 6) is 1.07.